The summed E-state index contributed by atoms with van der Waals surface area (Å²) in [5.41, 5.74) is 1.70. The third-order valence-electron chi connectivity index (χ3n) is 3.93. The average molecular weight is 421 g/mol. The molecule has 0 atom stereocenters. The van der Waals surface area contributed by atoms with Crippen LogP contribution in [0, 0.1) is 0 Å². The van der Waals surface area contributed by atoms with Crippen molar-refractivity contribution in [3.8, 4) is 5.69 Å². The second kappa shape index (κ2) is 7.95. The molecule has 0 fully saturated rings. The van der Waals surface area contributed by atoms with Crippen LogP contribution in [0.1, 0.15) is 16.2 Å². The Bertz CT molecular complexity index is 1110. The highest BCUT2D eigenvalue weighted by Crippen LogP contribution is 2.21. The van der Waals surface area contributed by atoms with Gasteiger partial charge in [0.25, 0.3) is 5.91 Å². The number of nitrogens with zero attached hydrogens (tertiary/aromatic N) is 4. The summed E-state index contributed by atoms with van der Waals surface area (Å²) >= 11 is 6.15. The van der Waals surface area contributed by atoms with Crippen molar-refractivity contribution in [1.29, 1.82) is 0 Å². The highest BCUT2D eigenvalue weighted by molar-refractivity contribution is 7.90. The third kappa shape index (κ3) is 4.29. The van der Waals surface area contributed by atoms with Crippen molar-refractivity contribution in [2.24, 2.45) is 0 Å². The molecule has 0 aliphatic rings. The summed E-state index contributed by atoms with van der Waals surface area (Å²) in [6, 6.07) is 11.3. The van der Waals surface area contributed by atoms with Gasteiger partial charge in [0, 0.05) is 19.0 Å². The maximum Gasteiger partial charge on any atom is 0.252 e. The van der Waals surface area contributed by atoms with Crippen LogP contribution in [-0.2, 0) is 16.4 Å². The maximum absolute atomic E-state index is 11.7. The largest absolute Gasteiger partial charge is 0.378 e. The average Bonchev–Trinajstić information content (AvgIpc) is 3.14. The molecule has 9 nitrogen and oxygen atoms in total. The van der Waals surface area contributed by atoms with Crippen molar-refractivity contribution in [2.45, 2.75) is 11.4 Å². The van der Waals surface area contributed by atoms with E-state index >= 15 is 0 Å². The normalized spacial score (nSPS) is 11.2. The molecule has 0 bridgehead atoms. The van der Waals surface area contributed by atoms with Crippen LogP contribution in [0.15, 0.2) is 47.4 Å². The van der Waals surface area contributed by atoms with Gasteiger partial charge >= 0.3 is 0 Å². The molecule has 0 saturated carbocycles. The van der Waals surface area contributed by atoms with E-state index in [4.69, 9.17) is 11.6 Å². The van der Waals surface area contributed by atoms with E-state index in [1.54, 1.807) is 30.3 Å². The Morgan fingerprint density at radius 1 is 1.18 bits per heavy atom. The molecule has 3 aromatic rings. The molecule has 1 aromatic heterocycles. The summed E-state index contributed by atoms with van der Waals surface area (Å²) in [5, 5.41) is 17.6. The van der Waals surface area contributed by atoms with Crippen molar-refractivity contribution in [3.63, 3.8) is 0 Å². The number of amides is 1. The maximum atomic E-state index is 11.7. The fourth-order valence-electron chi connectivity index (χ4n) is 2.48. The quantitative estimate of drug-likeness (QED) is 0.622. The lowest BCUT2D eigenvalue weighted by Crippen LogP contribution is -2.18. The van der Waals surface area contributed by atoms with E-state index in [1.165, 1.54) is 23.9 Å². The van der Waals surface area contributed by atoms with Crippen molar-refractivity contribution in [2.75, 3.05) is 18.6 Å². The van der Waals surface area contributed by atoms with E-state index in [9.17, 15) is 13.2 Å². The molecule has 11 heteroatoms. The first-order valence-corrected chi connectivity index (χ1v) is 10.4. The van der Waals surface area contributed by atoms with Gasteiger partial charge < -0.3 is 10.6 Å². The van der Waals surface area contributed by atoms with Crippen LogP contribution in [0.4, 0.5) is 5.69 Å². The number of anilines is 1. The van der Waals surface area contributed by atoms with Gasteiger partial charge in [0.05, 0.1) is 27.7 Å². The van der Waals surface area contributed by atoms with Gasteiger partial charge in [0.1, 0.15) is 0 Å². The van der Waals surface area contributed by atoms with Crippen LogP contribution >= 0.6 is 11.6 Å². The Kier molecular flexibility index (Phi) is 5.61. The smallest absolute Gasteiger partial charge is 0.252 e. The van der Waals surface area contributed by atoms with Gasteiger partial charge in [-0.25, -0.2) is 8.42 Å². The molecule has 0 saturated heterocycles. The molecule has 1 heterocycles. The molecule has 146 valence electrons. The van der Waals surface area contributed by atoms with Gasteiger partial charge in [-0.05, 0) is 52.9 Å². The molecule has 1 amide bonds. The van der Waals surface area contributed by atoms with Gasteiger partial charge in [0.15, 0.2) is 15.7 Å². The zero-order valence-electron chi connectivity index (χ0n) is 15.0. The lowest BCUT2D eigenvalue weighted by molar-refractivity contribution is 0.0963. The van der Waals surface area contributed by atoms with Crippen molar-refractivity contribution < 1.29 is 13.2 Å². The number of nitrogens with one attached hydrogen (secondary N) is 2. The van der Waals surface area contributed by atoms with Gasteiger partial charge in [-0.1, -0.05) is 11.6 Å². The van der Waals surface area contributed by atoms with Crippen molar-refractivity contribution >= 4 is 33.0 Å². The Hall–Kier alpha value is -2.98. The van der Waals surface area contributed by atoms with Crippen LogP contribution in [-0.4, -0.2) is 47.8 Å². The number of rotatable bonds is 6. The standard InChI is InChI=1S/C17H17ClN6O3S/c1-19-17(25)14-8-3-11(9-15(14)18)20-10-16-21-22-23-24(16)12-4-6-13(7-5-12)28(2,26)27/h3-9,20H,10H2,1-2H3,(H,19,25). The molecule has 0 aliphatic heterocycles. The molecule has 2 aromatic carbocycles. The number of carbonyl (C=O) groups is 1. The minimum atomic E-state index is -3.27. The van der Waals surface area contributed by atoms with E-state index in [0.717, 1.165) is 6.26 Å². The van der Waals surface area contributed by atoms with E-state index in [-0.39, 0.29) is 17.3 Å². The van der Waals surface area contributed by atoms with Crippen LogP contribution in [0.2, 0.25) is 5.02 Å². The molecule has 28 heavy (non-hydrogen) atoms. The predicted molar refractivity (Wildman–Crippen MR) is 104 cm³/mol. The fraction of sp³-hybridized carbons (Fsp3) is 0.176. The first-order valence-electron chi connectivity index (χ1n) is 8.13. The minimum absolute atomic E-state index is 0.217. The van der Waals surface area contributed by atoms with E-state index in [2.05, 4.69) is 26.2 Å². The van der Waals surface area contributed by atoms with Gasteiger partial charge in [-0.3, -0.25) is 4.79 Å². The van der Waals surface area contributed by atoms with Gasteiger partial charge in [-0.2, -0.15) is 4.68 Å². The number of tetrazole rings is 1. The molecule has 2 N–H and O–H groups in total. The van der Waals surface area contributed by atoms with Crippen molar-refractivity contribution in [3.05, 3.63) is 58.9 Å². The summed E-state index contributed by atoms with van der Waals surface area (Å²) in [7, 11) is -1.74. The summed E-state index contributed by atoms with van der Waals surface area (Å²) in [5.74, 6) is 0.247. The van der Waals surface area contributed by atoms with E-state index in [0.29, 0.717) is 27.8 Å². The van der Waals surface area contributed by atoms with E-state index < -0.39 is 9.84 Å². The Labute approximate surface area is 166 Å². The van der Waals surface area contributed by atoms with E-state index in [1.807, 2.05) is 0 Å². The molecular formula is C17H17ClN6O3S. The number of aromatic nitrogens is 4. The Balaban J connectivity index is 1.76. The number of carbonyl (C=O) groups excluding carboxylic acids is 1. The molecular weight excluding hydrogens is 404 g/mol. The monoisotopic (exact) mass is 420 g/mol. The number of benzene rings is 2. The lowest BCUT2D eigenvalue weighted by atomic mass is 10.2. The van der Waals surface area contributed by atoms with Crippen LogP contribution in [0.3, 0.4) is 0 Å². The number of halogens is 1. The summed E-state index contributed by atoms with van der Waals surface area (Å²) in [4.78, 5) is 11.9. The minimum Gasteiger partial charge on any atom is -0.378 e. The second-order valence-electron chi connectivity index (χ2n) is 5.90. The first kappa shape index (κ1) is 19.8. The zero-order chi connectivity index (χ0) is 20.3. The Morgan fingerprint density at radius 2 is 1.89 bits per heavy atom. The number of hydrogen-bond donors (Lipinski definition) is 2. The molecule has 3 rings (SSSR count). The zero-order valence-corrected chi connectivity index (χ0v) is 16.6. The first-order chi connectivity index (χ1) is 13.3. The summed E-state index contributed by atoms with van der Waals surface area (Å²) in [6.07, 6.45) is 1.15. The second-order valence-corrected chi connectivity index (χ2v) is 8.32. The Morgan fingerprint density at radius 3 is 2.50 bits per heavy atom. The summed E-state index contributed by atoms with van der Waals surface area (Å²) in [6.45, 7) is 0.288. The van der Waals surface area contributed by atoms with Gasteiger partial charge in [-0.15, -0.1) is 5.10 Å². The molecule has 0 radical (unpaired) electrons. The highest BCUT2D eigenvalue weighted by atomic mass is 35.5. The third-order valence-corrected chi connectivity index (χ3v) is 5.38. The SMILES string of the molecule is CNC(=O)c1ccc(NCc2nnnn2-c2ccc(S(C)(=O)=O)cc2)cc1Cl. The van der Waals surface area contributed by atoms with Crippen LogP contribution in [0.25, 0.3) is 5.69 Å². The molecule has 0 spiro atoms. The number of hydrogen-bond acceptors (Lipinski definition) is 7. The van der Waals surface area contributed by atoms with Crippen molar-refractivity contribution in [1.82, 2.24) is 25.5 Å². The van der Waals surface area contributed by atoms with Gasteiger partial charge in [0.2, 0.25) is 0 Å². The molecule has 0 unspecified atom stereocenters. The van der Waals surface area contributed by atoms with Crippen LogP contribution in [0.5, 0.6) is 0 Å². The lowest BCUT2D eigenvalue weighted by Gasteiger charge is -2.09. The number of sulfone groups is 1. The predicted octanol–water partition coefficient (Wildman–Crippen LogP) is 1.69. The molecule has 0 aliphatic carbocycles. The van der Waals surface area contributed by atoms with Crippen LogP contribution < -0.4 is 10.6 Å². The fourth-order valence-corrected chi connectivity index (χ4v) is 3.37. The summed E-state index contributed by atoms with van der Waals surface area (Å²) < 4.78 is 24.7. The topological polar surface area (TPSA) is 119 Å². The highest BCUT2D eigenvalue weighted by Gasteiger charge is 2.12.